The number of rotatable bonds is 6. The van der Waals surface area contributed by atoms with Crippen molar-refractivity contribution in [2.75, 3.05) is 6.61 Å². The standard InChI is InChI=1S/C22H28O4Si/c1-22(2,3)27(18-10-6-4-7-11-18,19-12-8-5-9-13-19)25-16-17-14-15-20(26-17)21(23)24/h4-13,17,20H,14-16H2,1-3H3,(H,23,24)/t17-,20?/m1/s1. The highest BCUT2D eigenvalue weighted by Gasteiger charge is 2.50. The van der Waals surface area contributed by atoms with Gasteiger partial charge >= 0.3 is 5.97 Å². The third kappa shape index (κ3) is 4.00. The molecule has 0 radical (unpaired) electrons. The van der Waals surface area contributed by atoms with Crippen molar-refractivity contribution in [2.45, 2.75) is 50.9 Å². The molecule has 0 saturated carbocycles. The first-order valence-electron chi connectivity index (χ1n) is 9.48. The van der Waals surface area contributed by atoms with E-state index in [2.05, 4.69) is 69.3 Å². The SMILES string of the molecule is CC(C)(C)[Si](OC[C@H]1CCC(C(=O)O)O1)(c1ccccc1)c1ccccc1. The maximum absolute atomic E-state index is 11.2. The highest BCUT2D eigenvalue weighted by molar-refractivity contribution is 6.99. The van der Waals surface area contributed by atoms with Gasteiger partial charge in [-0.2, -0.15) is 0 Å². The van der Waals surface area contributed by atoms with Crippen molar-refractivity contribution in [2.24, 2.45) is 0 Å². The number of ether oxygens (including phenoxy) is 1. The Morgan fingerprint density at radius 2 is 1.56 bits per heavy atom. The molecule has 2 aromatic rings. The second-order valence-electron chi connectivity index (χ2n) is 8.14. The minimum Gasteiger partial charge on any atom is -0.479 e. The molecule has 1 aliphatic heterocycles. The van der Waals surface area contributed by atoms with Crippen LogP contribution in [0.5, 0.6) is 0 Å². The summed E-state index contributed by atoms with van der Waals surface area (Å²) in [6.45, 7) is 7.11. The Kier molecular flexibility index (Phi) is 5.84. The molecule has 0 bridgehead atoms. The highest BCUT2D eigenvalue weighted by atomic mass is 28.4. The predicted molar refractivity (Wildman–Crippen MR) is 109 cm³/mol. The number of carboxylic acid groups (broad SMARTS) is 1. The van der Waals surface area contributed by atoms with Gasteiger partial charge in [0.2, 0.25) is 0 Å². The fourth-order valence-corrected chi connectivity index (χ4v) is 8.58. The zero-order valence-corrected chi connectivity index (χ0v) is 17.2. The lowest BCUT2D eigenvalue weighted by molar-refractivity contribution is -0.149. The van der Waals surface area contributed by atoms with E-state index in [1.165, 1.54) is 10.4 Å². The highest BCUT2D eigenvalue weighted by Crippen LogP contribution is 2.37. The Morgan fingerprint density at radius 3 is 1.96 bits per heavy atom. The predicted octanol–water partition coefficient (Wildman–Crippen LogP) is 3.20. The van der Waals surface area contributed by atoms with Crippen LogP contribution in [0.15, 0.2) is 60.7 Å². The summed E-state index contributed by atoms with van der Waals surface area (Å²) in [6.07, 6.45) is 0.379. The minimum atomic E-state index is -2.59. The summed E-state index contributed by atoms with van der Waals surface area (Å²) in [6, 6.07) is 20.9. The third-order valence-electron chi connectivity index (χ3n) is 5.29. The van der Waals surface area contributed by atoms with E-state index in [1.54, 1.807) is 0 Å². The molecule has 5 heteroatoms. The Labute approximate surface area is 162 Å². The van der Waals surface area contributed by atoms with E-state index in [9.17, 15) is 9.90 Å². The first kappa shape index (κ1) is 19.8. The van der Waals surface area contributed by atoms with Gasteiger partial charge in [-0.1, -0.05) is 81.4 Å². The van der Waals surface area contributed by atoms with Gasteiger partial charge in [0.1, 0.15) is 0 Å². The fourth-order valence-electron chi connectivity index (χ4n) is 3.99. The van der Waals surface area contributed by atoms with E-state index in [0.717, 1.165) is 6.42 Å². The van der Waals surface area contributed by atoms with Crippen LogP contribution in [-0.2, 0) is 14.0 Å². The molecule has 1 fully saturated rings. The van der Waals surface area contributed by atoms with Crippen molar-refractivity contribution in [3.63, 3.8) is 0 Å². The Hall–Kier alpha value is -1.95. The van der Waals surface area contributed by atoms with Crippen molar-refractivity contribution >= 4 is 24.7 Å². The van der Waals surface area contributed by atoms with Crippen molar-refractivity contribution in [3.05, 3.63) is 60.7 Å². The number of benzene rings is 2. The van der Waals surface area contributed by atoms with Gasteiger partial charge in [0.05, 0.1) is 12.7 Å². The summed E-state index contributed by atoms with van der Waals surface area (Å²) < 4.78 is 12.5. The van der Waals surface area contributed by atoms with Gasteiger partial charge in [0.25, 0.3) is 8.32 Å². The molecule has 1 N–H and O–H groups in total. The number of carboxylic acids is 1. The summed E-state index contributed by atoms with van der Waals surface area (Å²) in [5.74, 6) is -0.886. The fraction of sp³-hybridized carbons (Fsp3) is 0.409. The van der Waals surface area contributed by atoms with E-state index in [0.29, 0.717) is 13.0 Å². The van der Waals surface area contributed by atoms with Crippen molar-refractivity contribution in [1.82, 2.24) is 0 Å². The molecule has 2 atom stereocenters. The van der Waals surface area contributed by atoms with E-state index >= 15 is 0 Å². The van der Waals surface area contributed by atoms with E-state index < -0.39 is 20.4 Å². The lowest BCUT2D eigenvalue weighted by atomic mass is 10.2. The van der Waals surface area contributed by atoms with Crippen LogP contribution in [-0.4, -0.2) is 38.2 Å². The second kappa shape index (κ2) is 7.96. The topological polar surface area (TPSA) is 55.8 Å². The van der Waals surface area contributed by atoms with E-state index in [-0.39, 0.29) is 11.1 Å². The molecule has 1 unspecified atom stereocenters. The van der Waals surface area contributed by atoms with Crippen molar-refractivity contribution in [1.29, 1.82) is 0 Å². The van der Waals surface area contributed by atoms with Crippen LogP contribution in [0, 0.1) is 0 Å². The van der Waals surface area contributed by atoms with Crippen LogP contribution in [0.25, 0.3) is 0 Å². The van der Waals surface area contributed by atoms with E-state index in [4.69, 9.17) is 9.16 Å². The molecular formula is C22H28O4Si. The molecule has 0 aromatic heterocycles. The molecule has 1 aliphatic rings. The average molecular weight is 385 g/mol. The molecule has 27 heavy (non-hydrogen) atoms. The third-order valence-corrected chi connectivity index (χ3v) is 10.3. The van der Waals surface area contributed by atoms with Gasteiger partial charge in [-0.05, 0) is 28.3 Å². The first-order valence-corrected chi connectivity index (χ1v) is 11.4. The van der Waals surface area contributed by atoms with Crippen LogP contribution in [0.4, 0.5) is 0 Å². The summed E-state index contributed by atoms with van der Waals surface area (Å²) in [4.78, 5) is 11.2. The molecular weight excluding hydrogens is 356 g/mol. The number of carbonyl (C=O) groups is 1. The smallest absolute Gasteiger partial charge is 0.332 e. The lowest BCUT2D eigenvalue weighted by Crippen LogP contribution is -2.67. The van der Waals surface area contributed by atoms with E-state index in [1.807, 2.05) is 12.1 Å². The quantitative estimate of drug-likeness (QED) is 0.777. The Morgan fingerprint density at radius 1 is 1.04 bits per heavy atom. The van der Waals surface area contributed by atoms with Gasteiger partial charge in [-0.25, -0.2) is 4.79 Å². The molecule has 4 nitrogen and oxygen atoms in total. The largest absolute Gasteiger partial charge is 0.479 e. The molecule has 3 rings (SSSR count). The van der Waals surface area contributed by atoms with Crippen LogP contribution in [0.2, 0.25) is 5.04 Å². The lowest BCUT2D eigenvalue weighted by Gasteiger charge is -2.43. The van der Waals surface area contributed by atoms with Crippen molar-refractivity contribution < 1.29 is 19.1 Å². The van der Waals surface area contributed by atoms with Gasteiger partial charge < -0.3 is 14.3 Å². The summed E-state index contributed by atoms with van der Waals surface area (Å²) in [5.41, 5.74) is 0. The first-order chi connectivity index (χ1) is 12.8. The zero-order valence-electron chi connectivity index (χ0n) is 16.2. The van der Waals surface area contributed by atoms with Gasteiger partial charge in [0.15, 0.2) is 6.10 Å². The maximum Gasteiger partial charge on any atom is 0.332 e. The van der Waals surface area contributed by atoms with Gasteiger partial charge in [-0.3, -0.25) is 0 Å². The summed E-state index contributed by atoms with van der Waals surface area (Å²) in [5, 5.41) is 11.5. The van der Waals surface area contributed by atoms with Crippen LogP contribution < -0.4 is 10.4 Å². The molecule has 144 valence electrons. The second-order valence-corrected chi connectivity index (χ2v) is 12.4. The van der Waals surface area contributed by atoms with Crippen molar-refractivity contribution in [3.8, 4) is 0 Å². The van der Waals surface area contributed by atoms with Gasteiger partial charge in [0, 0.05) is 0 Å². The van der Waals surface area contributed by atoms with Gasteiger partial charge in [-0.15, -0.1) is 0 Å². The number of aliphatic carboxylic acids is 1. The minimum absolute atomic E-state index is 0.0967. The molecule has 0 aliphatic carbocycles. The molecule has 1 saturated heterocycles. The summed E-state index contributed by atoms with van der Waals surface area (Å²) in [7, 11) is -2.59. The number of hydrogen-bond acceptors (Lipinski definition) is 3. The molecule has 0 spiro atoms. The Bertz CT molecular complexity index is 715. The Balaban J connectivity index is 1.96. The van der Waals surface area contributed by atoms with Crippen LogP contribution in [0.3, 0.4) is 0 Å². The molecule has 2 aromatic carbocycles. The monoisotopic (exact) mass is 384 g/mol. The average Bonchev–Trinajstić information content (AvgIpc) is 3.12. The van der Waals surface area contributed by atoms with Crippen LogP contribution >= 0.6 is 0 Å². The number of hydrogen-bond donors (Lipinski definition) is 1. The zero-order chi connectivity index (χ0) is 19.5. The molecule has 0 amide bonds. The molecule has 1 heterocycles. The summed E-state index contributed by atoms with van der Waals surface area (Å²) >= 11 is 0. The normalized spacial score (nSPS) is 20.6. The van der Waals surface area contributed by atoms with Crippen LogP contribution in [0.1, 0.15) is 33.6 Å². The maximum atomic E-state index is 11.2.